The second-order valence-corrected chi connectivity index (χ2v) is 9.87. The number of nitrogens with one attached hydrogen (secondary N) is 2. The van der Waals surface area contributed by atoms with Crippen LogP contribution in [0.15, 0.2) is 35.6 Å². The number of benzene rings is 1. The third kappa shape index (κ3) is 5.17. The molecular formula is C22H23F2N5O4S. The number of carbonyl (C=O) groups is 2. The van der Waals surface area contributed by atoms with Crippen molar-refractivity contribution in [3.05, 3.63) is 53.6 Å². The van der Waals surface area contributed by atoms with Crippen molar-refractivity contribution in [1.82, 2.24) is 15.3 Å². The highest BCUT2D eigenvalue weighted by Crippen LogP contribution is 2.46. The number of alkyl carbamates (subject to hydrolysis) is 1. The summed E-state index contributed by atoms with van der Waals surface area (Å²) in [5, 5.41) is 5.52. The molecule has 0 saturated carbocycles. The number of thioether (sulfide) groups is 1. The number of nitrogens with zero attached hydrogens (tertiary/aromatic N) is 3. The molecule has 180 valence electrons. The van der Waals surface area contributed by atoms with Gasteiger partial charge in [0.05, 0.1) is 25.6 Å². The van der Waals surface area contributed by atoms with Crippen LogP contribution in [0.25, 0.3) is 0 Å². The topological polar surface area (TPSA) is 115 Å². The van der Waals surface area contributed by atoms with Gasteiger partial charge < -0.3 is 14.8 Å². The van der Waals surface area contributed by atoms with Gasteiger partial charge in [0.25, 0.3) is 5.91 Å². The smallest absolute Gasteiger partial charge is 0.413 e. The summed E-state index contributed by atoms with van der Waals surface area (Å²) >= 11 is 1.33. The number of ether oxygens (including phenoxy) is 2. The van der Waals surface area contributed by atoms with Crippen LogP contribution < -0.4 is 10.6 Å². The predicted octanol–water partition coefficient (Wildman–Crippen LogP) is 3.48. The number of halogens is 2. The monoisotopic (exact) mass is 491 g/mol. The molecule has 12 heteroatoms. The fourth-order valence-corrected chi connectivity index (χ4v) is 4.79. The van der Waals surface area contributed by atoms with Gasteiger partial charge >= 0.3 is 6.09 Å². The molecule has 2 aliphatic rings. The van der Waals surface area contributed by atoms with Crippen molar-refractivity contribution in [3.8, 4) is 0 Å². The minimum atomic E-state index is -1.09. The first kappa shape index (κ1) is 24.0. The Morgan fingerprint density at radius 3 is 2.65 bits per heavy atom. The van der Waals surface area contributed by atoms with Gasteiger partial charge in [0.1, 0.15) is 17.0 Å². The lowest BCUT2D eigenvalue weighted by Gasteiger charge is -2.35. The Morgan fingerprint density at radius 2 is 1.94 bits per heavy atom. The van der Waals surface area contributed by atoms with E-state index in [1.807, 2.05) is 0 Å². The van der Waals surface area contributed by atoms with E-state index in [-0.39, 0.29) is 29.6 Å². The van der Waals surface area contributed by atoms with Crippen molar-refractivity contribution in [3.63, 3.8) is 0 Å². The first-order valence-corrected chi connectivity index (χ1v) is 11.4. The van der Waals surface area contributed by atoms with Gasteiger partial charge in [0.15, 0.2) is 11.0 Å². The Balaban J connectivity index is 1.62. The van der Waals surface area contributed by atoms with Crippen LogP contribution >= 0.6 is 11.8 Å². The van der Waals surface area contributed by atoms with Crippen LogP contribution in [0, 0.1) is 17.6 Å². The highest BCUT2D eigenvalue weighted by Gasteiger charge is 2.50. The maximum absolute atomic E-state index is 15.1. The molecule has 34 heavy (non-hydrogen) atoms. The Morgan fingerprint density at radius 1 is 1.21 bits per heavy atom. The lowest BCUT2D eigenvalue weighted by atomic mass is 9.81. The number of amides is 2. The van der Waals surface area contributed by atoms with E-state index < -0.39 is 34.8 Å². The Hall–Kier alpha value is -3.12. The van der Waals surface area contributed by atoms with E-state index in [1.54, 1.807) is 20.8 Å². The predicted molar refractivity (Wildman–Crippen MR) is 122 cm³/mol. The lowest BCUT2D eigenvalue weighted by Crippen LogP contribution is -2.43. The summed E-state index contributed by atoms with van der Waals surface area (Å²) in [5.41, 5.74) is -1.28. The molecule has 1 saturated heterocycles. The highest BCUT2D eigenvalue weighted by molar-refractivity contribution is 8.13. The summed E-state index contributed by atoms with van der Waals surface area (Å²) in [7, 11) is 0. The van der Waals surface area contributed by atoms with E-state index in [0.717, 1.165) is 12.4 Å². The number of amidine groups is 1. The number of rotatable bonds is 3. The quantitative estimate of drug-likeness (QED) is 0.676. The normalized spacial score (nSPS) is 21.9. The molecule has 2 atom stereocenters. The number of hydrogen-bond donors (Lipinski definition) is 2. The standard InChI is InChI=1S/C22H23F2N5O4S/c1-21(2,3)33-20(31)28-19-29-22(11-32-9-12(22)10-34-19)15-6-14(4-5-16(15)24)27-18(30)17-25-7-13(23)8-26-17/h4-8,12H,9-11H2,1-3H3,(H,27,30)(H,28,29,31). The second kappa shape index (κ2) is 9.26. The fourth-order valence-electron chi connectivity index (χ4n) is 3.68. The van der Waals surface area contributed by atoms with Gasteiger partial charge in [0.2, 0.25) is 5.82 Å². The second-order valence-electron chi connectivity index (χ2n) is 8.86. The van der Waals surface area contributed by atoms with Gasteiger partial charge in [-0.3, -0.25) is 10.1 Å². The van der Waals surface area contributed by atoms with Crippen LogP contribution in [0.5, 0.6) is 0 Å². The molecule has 1 aromatic carbocycles. The van der Waals surface area contributed by atoms with Crippen LogP contribution in [0.4, 0.5) is 19.3 Å². The average molecular weight is 492 g/mol. The summed E-state index contributed by atoms with van der Waals surface area (Å²) in [5.74, 6) is -1.72. The molecule has 1 fully saturated rings. The molecule has 1 aromatic heterocycles. The molecule has 2 unspecified atom stereocenters. The van der Waals surface area contributed by atoms with Crippen LogP contribution in [-0.2, 0) is 15.0 Å². The SMILES string of the molecule is CC(C)(C)OC(=O)NC1=NC2(c3cc(NC(=O)c4ncc(F)cn4)ccc3F)COCC2CS1. The van der Waals surface area contributed by atoms with Gasteiger partial charge in [-0.1, -0.05) is 11.8 Å². The Kier molecular flexibility index (Phi) is 6.54. The average Bonchev–Trinajstić information content (AvgIpc) is 3.18. The molecular weight excluding hydrogens is 468 g/mol. The molecule has 2 aromatic rings. The zero-order chi connectivity index (χ0) is 24.5. The highest BCUT2D eigenvalue weighted by atomic mass is 32.2. The van der Waals surface area contributed by atoms with Crippen molar-refractivity contribution >= 4 is 34.6 Å². The number of fused-ring (bicyclic) bond motifs is 1. The summed E-state index contributed by atoms with van der Waals surface area (Å²) < 4.78 is 39.1. The molecule has 2 N–H and O–H groups in total. The van der Waals surface area contributed by atoms with Gasteiger partial charge in [-0.2, -0.15) is 0 Å². The first-order valence-electron chi connectivity index (χ1n) is 10.4. The molecule has 0 radical (unpaired) electrons. The minimum absolute atomic E-state index is 0.104. The van der Waals surface area contributed by atoms with E-state index in [4.69, 9.17) is 9.47 Å². The third-order valence-electron chi connectivity index (χ3n) is 5.16. The zero-order valence-electron chi connectivity index (χ0n) is 18.7. The van der Waals surface area contributed by atoms with E-state index in [0.29, 0.717) is 17.5 Å². The molecule has 9 nitrogen and oxygen atoms in total. The van der Waals surface area contributed by atoms with E-state index >= 15 is 4.39 Å². The zero-order valence-corrected chi connectivity index (χ0v) is 19.5. The molecule has 2 amide bonds. The van der Waals surface area contributed by atoms with E-state index in [2.05, 4.69) is 25.6 Å². The van der Waals surface area contributed by atoms with Crippen LogP contribution in [0.2, 0.25) is 0 Å². The molecule has 0 bridgehead atoms. The Bertz CT molecular complexity index is 1140. The molecule has 0 aliphatic carbocycles. The number of hydrogen-bond acceptors (Lipinski definition) is 8. The van der Waals surface area contributed by atoms with Crippen molar-refractivity contribution in [2.75, 3.05) is 24.3 Å². The van der Waals surface area contributed by atoms with Gasteiger partial charge in [-0.25, -0.2) is 28.5 Å². The van der Waals surface area contributed by atoms with Gasteiger partial charge in [0, 0.05) is 22.9 Å². The van der Waals surface area contributed by atoms with E-state index in [1.165, 1.54) is 30.0 Å². The van der Waals surface area contributed by atoms with Crippen LogP contribution in [0.3, 0.4) is 0 Å². The van der Waals surface area contributed by atoms with Crippen molar-refractivity contribution in [2.24, 2.45) is 10.9 Å². The Labute approximate surface area is 198 Å². The third-order valence-corrected chi connectivity index (χ3v) is 6.20. The fraction of sp³-hybridized carbons (Fsp3) is 0.409. The number of carbonyl (C=O) groups excluding carboxylic acids is 2. The molecule has 3 heterocycles. The number of anilines is 1. The van der Waals surface area contributed by atoms with Gasteiger partial charge in [-0.15, -0.1) is 0 Å². The number of aromatic nitrogens is 2. The van der Waals surface area contributed by atoms with Crippen LogP contribution in [-0.4, -0.2) is 51.7 Å². The maximum Gasteiger partial charge on any atom is 0.413 e. The first-order chi connectivity index (χ1) is 16.1. The summed E-state index contributed by atoms with van der Waals surface area (Å²) in [6.07, 6.45) is 1.10. The van der Waals surface area contributed by atoms with Crippen molar-refractivity contribution < 1.29 is 27.8 Å². The summed E-state index contributed by atoms with van der Waals surface area (Å²) in [6.45, 7) is 5.72. The number of aliphatic imine (C=N–C) groups is 1. The van der Waals surface area contributed by atoms with Crippen molar-refractivity contribution in [1.29, 1.82) is 0 Å². The maximum atomic E-state index is 15.1. The largest absolute Gasteiger partial charge is 0.444 e. The molecule has 2 aliphatic heterocycles. The minimum Gasteiger partial charge on any atom is -0.444 e. The molecule has 0 spiro atoms. The van der Waals surface area contributed by atoms with Gasteiger partial charge in [-0.05, 0) is 39.0 Å². The molecule has 4 rings (SSSR count). The van der Waals surface area contributed by atoms with Crippen LogP contribution in [0.1, 0.15) is 37.0 Å². The summed E-state index contributed by atoms with van der Waals surface area (Å²) in [6, 6.07) is 4.09. The van der Waals surface area contributed by atoms with E-state index in [9.17, 15) is 14.0 Å². The van der Waals surface area contributed by atoms with Crippen molar-refractivity contribution in [2.45, 2.75) is 31.9 Å². The summed E-state index contributed by atoms with van der Waals surface area (Å²) in [4.78, 5) is 36.7. The lowest BCUT2D eigenvalue weighted by molar-refractivity contribution is 0.0563.